The van der Waals surface area contributed by atoms with E-state index in [-0.39, 0.29) is 6.04 Å². The van der Waals surface area contributed by atoms with Gasteiger partial charge in [-0.3, -0.25) is 0 Å². The summed E-state index contributed by atoms with van der Waals surface area (Å²) in [6.45, 7) is 1.90. The van der Waals surface area contributed by atoms with Crippen LogP contribution in [0.3, 0.4) is 0 Å². The molecule has 54 valence electrons. The largest absolute Gasteiger partial charge is 0.478 e. The second-order valence-electron chi connectivity index (χ2n) is 2.22. The molecule has 0 aliphatic carbocycles. The Morgan fingerprint density at radius 1 is 1.80 bits per heavy atom. The molecule has 2 N–H and O–H groups in total. The number of carboxylic acids is 1. The molecule has 0 aromatic rings. The molecule has 3 nitrogen and oxygen atoms in total. The maximum atomic E-state index is 10.4. The fourth-order valence-electron chi connectivity index (χ4n) is 0.805. The number of carbonyl (C=O) groups is 1. The Labute approximate surface area is 59.0 Å². The van der Waals surface area contributed by atoms with Gasteiger partial charge < -0.3 is 10.4 Å². The number of rotatable bonds is 1. The molecule has 1 aliphatic rings. The third kappa shape index (κ3) is 1.37. The molecule has 0 aromatic carbocycles. The van der Waals surface area contributed by atoms with Gasteiger partial charge >= 0.3 is 5.97 Å². The summed E-state index contributed by atoms with van der Waals surface area (Å²) in [5, 5.41) is 11.5. The third-order valence-corrected chi connectivity index (χ3v) is 1.30. The molecule has 1 atom stereocenters. The minimum atomic E-state index is -0.871. The van der Waals surface area contributed by atoms with Crippen molar-refractivity contribution in [3.8, 4) is 0 Å². The molecule has 0 saturated heterocycles. The number of hydrogen-bond donors (Lipinski definition) is 2. The Bertz CT molecular complexity index is 206. The van der Waals surface area contributed by atoms with E-state index in [9.17, 15) is 4.79 Å². The van der Waals surface area contributed by atoms with Crippen molar-refractivity contribution in [1.82, 2.24) is 5.32 Å². The molecule has 0 radical (unpaired) electrons. The van der Waals surface area contributed by atoms with Crippen LogP contribution in [0.2, 0.25) is 0 Å². The number of aliphatic carboxylic acids is 1. The van der Waals surface area contributed by atoms with E-state index in [0.29, 0.717) is 5.57 Å². The number of nitrogens with one attached hydrogen (secondary N) is 1. The average molecular weight is 139 g/mol. The molecule has 1 unspecified atom stereocenters. The van der Waals surface area contributed by atoms with Crippen LogP contribution in [0.15, 0.2) is 23.9 Å². The van der Waals surface area contributed by atoms with Gasteiger partial charge in [-0.05, 0) is 25.3 Å². The molecule has 0 saturated carbocycles. The van der Waals surface area contributed by atoms with Crippen LogP contribution in [0.25, 0.3) is 0 Å². The van der Waals surface area contributed by atoms with E-state index in [1.165, 1.54) is 0 Å². The summed E-state index contributed by atoms with van der Waals surface area (Å²) in [6.07, 6.45) is 4.86. The van der Waals surface area contributed by atoms with Gasteiger partial charge in [0.15, 0.2) is 0 Å². The predicted octanol–water partition coefficient (Wildman–Crippen LogP) is 0.503. The SMILES string of the molecule is CC1C=C(C(=O)O)C=CN1. The minimum Gasteiger partial charge on any atom is -0.478 e. The Kier molecular flexibility index (Phi) is 1.76. The highest BCUT2D eigenvalue weighted by molar-refractivity contribution is 5.90. The number of dihydropyridines is 1. The van der Waals surface area contributed by atoms with Gasteiger partial charge in [0.1, 0.15) is 0 Å². The molecule has 0 fully saturated rings. The van der Waals surface area contributed by atoms with Gasteiger partial charge in [0.05, 0.1) is 5.57 Å². The molecule has 0 spiro atoms. The smallest absolute Gasteiger partial charge is 0.335 e. The summed E-state index contributed by atoms with van der Waals surface area (Å²) < 4.78 is 0. The zero-order chi connectivity index (χ0) is 7.56. The monoisotopic (exact) mass is 139 g/mol. The van der Waals surface area contributed by atoms with Gasteiger partial charge in [0.25, 0.3) is 0 Å². The quantitative estimate of drug-likeness (QED) is 0.556. The molecule has 0 bridgehead atoms. The van der Waals surface area contributed by atoms with E-state index in [4.69, 9.17) is 5.11 Å². The maximum absolute atomic E-state index is 10.4. The highest BCUT2D eigenvalue weighted by Crippen LogP contribution is 2.03. The van der Waals surface area contributed by atoms with Crippen molar-refractivity contribution in [3.05, 3.63) is 23.9 Å². The maximum Gasteiger partial charge on any atom is 0.335 e. The van der Waals surface area contributed by atoms with Crippen molar-refractivity contribution in [2.24, 2.45) is 0 Å². The van der Waals surface area contributed by atoms with Crippen molar-refractivity contribution in [2.45, 2.75) is 13.0 Å². The van der Waals surface area contributed by atoms with E-state index < -0.39 is 5.97 Å². The summed E-state index contributed by atoms with van der Waals surface area (Å²) in [7, 11) is 0. The van der Waals surface area contributed by atoms with Gasteiger partial charge in [-0.25, -0.2) is 4.79 Å². The Morgan fingerprint density at radius 2 is 2.50 bits per heavy atom. The van der Waals surface area contributed by atoms with Crippen LogP contribution in [0.5, 0.6) is 0 Å². The Balaban J connectivity index is 2.76. The van der Waals surface area contributed by atoms with Crippen molar-refractivity contribution in [3.63, 3.8) is 0 Å². The van der Waals surface area contributed by atoms with E-state index >= 15 is 0 Å². The topological polar surface area (TPSA) is 49.3 Å². The zero-order valence-electron chi connectivity index (χ0n) is 5.66. The van der Waals surface area contributed by atoms with Gasteiger partial charge in [-0.2, -0.15) is 0 Å². The van der Waals surface area contributed by atoms with Crippen LogP contribution in [0.4, 0.5) is 0 Å². The van der Waals surface area contributed by atoms with Crippen molar-refractivity contribution in [1.29, 1.82) is 0 Å². The third-order valence-electron chi connectivity index (χ3n) is 1.30. The molecule has 1 heterocycles. The summed E-state index contributed by atoms with van der Waals surface area (Å²) in [4.78, 5) is 10.4. The van der Waals surface area contributed by atoms with Crippen LogP contribution in [-0.4, -0.2) is 17.1 Å². The molecular formula is C7H9NO2. The average Bonchev–Trinajstić information content (AvgIpc) is 1.88. The van der Waals surface area contributed by atoms with Crippen LogP contribution >= 0.6 is 0 Å². The first kappa shape index (κ1) is 6.86. The van der Waals surface area contributed by atoms with Crippen LogP contribution in [0.1, 0.15) is 6.92 Å². The van der Waals surface area contributed by atoms with E-state index in [2.05, 4.69) is 5.32 Å². The molecule has 10 heavy (non-hydrogen) atoms. The molecule has 1 aliphatic heterocycles. The van der Waals surface area contributed by atoms with Crippen molar-refractivity contribution < 1.29 is 9.90 Å². The first-order valence-electron chi connectivity index (χ1n) is 3.08. The fraction of sp³-hybridized carbons (Fsp3) is 0.286. The predicted molar refractivity (Wildman–Crippen MR) is 37.5 cm³/mol. The van der Waals surface area contributed by atoms with E-state index in [0.717, 1.165) is 0 Å². The second-order valence-corrected chi connectivity index (χ2v) is 2.22. The molecule has 3 heteroatoms. The van der Waals surface area contributed by atoms with Crippen LogP contribution in [-0.2, 0) is 4.79 Å². The highest BCUT2D eigenvalue weighted by Gasteiger charge is 2.08. The Hall–Kier alpha value is -1.25. The molecule has 0 aromatic heterocycles. The lowest BCUT2D eigenvalue weighted by atomic mass is 10.1. The molecule has 1 rings (SSSR count). The summed E-state index contributed by atoms with van der Waals surface area (Å²) >= 11 is 0. The first-order valence-corrected chi connectivity index (χ1v) is 3.08. The Morgan fingerprint density at radius 3 is 2.90 bits per heavy atom. The first-order chi connectivity index (χ1) is 4.70. The molecular weight excluding hydrogens is 130 g/mol. The van der Waals surface area contributed by atoms with Gasteiger partial charge in [-0.15, -0.1) is 0 Å². The van der Waals surface area contributed by atoms with Crippen LogP contribution < -0.4 is 5.32 Å². The lowest BCUT2D eigenvalue weighted by Gasteiger charge is -2.11. The van der Waals surface area contributed by atoms with Gasteiger partial charge in [0.2, 0.25) is 0 Å². The summed E-state index contributed by atoms with van der Waals surface area (Å²) in [5.74, 6) is -0.871. The van der Waals surface area contributed by atoms with Crippen molar-refractivity contribution in [2.75, 3.05) is 0 Å². The summed E-state index contributed by atoms with van der Waals surface area (Å²) in [6, 6.07) is 0.121. The lowest BCUT2D eigenvalue weighted by molar-refractivity contribution is -0.132. The lowest BCUT2D eigenvalue weighted by Crippen LogP contribution is -2.22. The van der Waals surface area contributed by atoms with Crippen molar-refractivity contribution >= 4 is 5.97 Å². The standard InChI is InChI=1S/C7H9NO2/c1-5-4-6(7(9)10)2-3-8-5/h2-5,8H,1H3,(H,9,10). The van der Waals surface area contributed by atoms with Gasteiger partial charge in [-0.1, -0.05) is 0 Å². The zero-order valence-corrected chi connectivity index (χ0v) is 5.66. The normalized spacial score (nSPS) is 23.3. The molecule has 0 amide bonds. The summed E-state index contributed by atoms with van der Waals surface area (Å²) in [5.41, 5.74) is 0.353. The fourth-order valence-corrected chi connectivity index (χ4v) is 0.805. The number of carboxylic acid groups (broad SMARTS) is 1. The van der Waals surface area contributed by atoms with E-state index in [1.54, 1.807) is 18.4 Å². The van der Waals surface area contributed by atoms with Crippen LogP contribution in [0, 0.1) is 0 Å². The number of hydrogen-bond acceptors (Lipinski definition) is 2. The second kappa shape index (κ2) is 2.56. The van der Waals surface area contributed by atoms with E-state index in [1.807, 2.05) is 6.92 Å². The van der Waals surface area contributed by atoms with Gasteiger partial charge in [0, 0.05) is 6.04 Å². The minimum absolute atomic E-state index is 0.121. The highest BCUT2D eigenvalue weighted by atomic mass is 16.4.